The van der Waals surface area contributed by atoms with Crippen LogP contribution in [0.1, 0.15) is 23.5 Å². The van der Waals surface area contributed by atoms with Crippen molar-refractivity contribution >= 4 is 11.4 Å². The Kier molecular flexibility index (Phi) is 4.27. The summed E-state index contributed by atoms with van der Waals surface area (Å²) >= 11 is 0. The Hall–Kier alpha value is -2.44. The Morgan fingerprint density at radius 1 is 1.09 bits per heavy atom. The lowest BCUT2D eigenvalue weighted by Gasteiger charge is -2.14. The maximum absolute atomic E-state index is 10.7. The van der Waals surface area contributed by atoms with Gasteiger partial charge in [-0.2, -0.15) is 0 Å². The SMILES string of the molecule is CN(C)c1ccc([C@H]2[NH2+]C[C@@H](c3ccc([N+](=O)[O-])cc3)O2)cc1. The maximum atomic E-state index is 10.7. The molecule has 1 aliphatic rings. The predicted molar refractivity (Wildman–Crippen MR) is 87.2 cm³/mol. The summed E-state index contributed by atoms with van der Waals surface area (Å²) in [5.41, 5.74) is 3.35. The van der Waals surface area contributed by atoms with Gasteiger partial charge in [0.25, 0.3) is 5.69 Å². The van der Waals surface area contributed by atoms with E-state index in [0.29, 0.717) is 0 Å². The van der Waals surface area contributed by atoms with Crippen LogP contribution >= 0.6 is 0 Å². The van der Waals surface area contributed by atoms with E-state index in [1.807, 2.05) is 14.1 Å². The van der Waals surface area contributed by atoms with Crippen LogP contribution in [0.5, 0.6) is 0 Å². The molecule has 0 unspecified atom stereocenters. The zero-order chi connectivity index (χ0) is 16.4. The second kappa shape index (κ2) is 6.36. The Morgan fingerprint density at radius 3 is 2.26 bits per heavy atom. The number of rotatable bonds is 4. The summed E-state index contributed by atoms with van der Waals surface area (Å²) in [6, 6.07) is 14.9. The summed E-state index contributed by atoms with van der Waals surface area (Å²) < 4.78 is 6.10. The number of hydrogen-bond donors (Lipinski definition) is 1. The Bertz CT molecular complexity index is 683. The van der Waals surface area contributed by atoms with Crippen LogP contribution in [-0.2, 0) is 4.74 Å². The molecule has 0 amide bonds. The van der Waals surface area contributed by atoms with Crippen molar-refractivity contribution in [2.75, 3.05) is 25.5 Å². The lowest BCUT2D eigenvalue weighted by atomic mass is 10.1. The highest BCUT2D eigenvalue weighted by molar-refractivity contribution is 5.46. The van der Waals surface area contributed by atoms with Crippen LogP contribution in [0.2, 0.25) is 0 Å². The highest BCUT2D eigenvalue weighted by atomic mass is 16.6. The molecule has 6 heteroatoms. The monoisotopic (exact) mass is 314 g/mol. The molecule has 0 aliphatic carbocycles. The highest BCUT2D eigenvalue weighted by Crippen LogP contribution is 2.28. The van der Waals surface area contributed by atoms with Crippen LogP contribution in [-0.4, -0.2) is 25.6 Å². The Morgan fingerprint density at radius 2 is 1.70 bits per heavy atom. The van der Waals surface area contributed by atoms with Crippen LogP contribution in [0.3, 0.4) is 0 Å². The van der Waals surface area contributed by atoms with Gasteiger partial charge in [-0.15, -0.1) is 0 Å². The normalized spacial score (nSPS) is 20.4. The number of benzene rings is 2. The number of nitrogens with two attached hydrogens (primary N) is 1. The van der Waals surface area contributed by atoms with E-state index in [1.54, 1.807) is 12.1 Å². The molecule has 0 spiro atoms. The minimum Gasteiger partial charge on any atom is -0.378 e. The number of nitro groups is 1. The van der Waals surface area contributed by atoms with Gasteiger partial charge < -0.3 is 15.0 Å². The highest BCUT2D eigenvalue weighted by Gasteiger charge is 2.31. The van der Waals surface area contributed by atoms with Gasteiger partial charge in [-0.25, -0.2) is 0 Å². The third-order valence-corrected chi connectivity index (χ3v) is 4.09. The van der Waals surface area contributed by atoms with Gasteiger partial charge in [0.2, 0.25) is 6.23 Å². The number of non-ortho nitro benzene ring substituents is 1. The first kappa shape index (κ1) is 15.5. The molecule has 3 rings (SSSR count). The molecule has 6 nitrogen and oxygen atoms in total. The van der Waals surface area contributed by atoms with Gasteiger partial charge in [-0.3, -0.25) is 10.1 Å². The third-order valence-electron chi connectivity index (χ3n) is 4.09. The maximum Gasteiger partial charge on any atom is 0.269 e. The molecule has 1 heterocycles. The summed E-state index contributed by atoms with van der Waals surface area (Å²) in [6.07, 6.45) is -0.0827. The van der Waals surface area contributed by atoms with Crippen molar-refractivity contribution in [1.82, 2.24) is 0 Å². The number of anilines is 1. The minimum atomic E-state index is -0.388. The quantitative estimate of drug-likeness (QED) is 0.692. The fraction of sp³-hybridized carbons (Fsp3) is 0.294. The molecule has 120 valence electrons. The Balaban J connectivity index is 1.69. The molecular weight excluding hydrogens is 294 g/mol. The van der Waals surface area contributed by atoms with Gasteiger partial charge in [0.15, 0.2) is 0 Å². The molecule has 1 saturated heterocycles. The van der Waals surface area contributed by atoms with E-state index >= 15 is 0 Å². The molecule has 2 N–H and O–H groups in total. The number of nitrogens with zero attached hydrogens (tertiary/aromatic N) is 2. The van der Waals surface area contributed by atoms with Gasteiger partial charge in [0.05, 0.1) is 4.92 Å². The van der Waals surface area contributed by atoms with Crippen LogP contribution in [0, 0.1) is 10.1 Å². The first-order valence-electron chi connectivity index (χ1n) is 7.55. The first-order chi connectivity index (χ1) is 11.0. The van der Waals surface area contributed by atoms with E-state index < -0.39 is 0 Å². The van der Waals surface area contributed by atoms with Gasteiger partial charge in [0, 0.05) is 37.5 Å². The number of hydrogen-bond acceptors (Lipinski definition) is 4. The number of nitro benzene ring substituents is 1. The van der Waals surface area contributed by atoms with E-state index in [1.165, 1.54) is 12.1 Å². The van der Waals surface area contributed by atoms with Gasteiger partial charge in [-0.05, 0) is 42.0 Å². The zero-order valence-electron chi connectivity index (χ0n) is 13.2. The summed E-state index contributed by atoms with van der Waals surface area (Å²) in [7, 11) is 4.02. The first-order valence-corrected chi connectivity index (χ1v) is 7.55. The lowest BCUT2D eigenvalue weighted by Crippen LogP contribution is -2.82. The van der Waals surface area contributed by atoms with E-state index in [2.05, 4.69) is 34.5 Å². The molecule has 1 aliphatic heterocycles. The van der Waals surface area contributed by atoms with Crippen LogP contribution in [0.15, 0.2) is 48.5 Å². The summed E-state index contributed by atoms with van der Waals surface area (Å²) in [6.45, 7) is 0.803. The van der Waals surface area contributed by atoms with E-state index in [9.17, 15) is 10.1 Å². The largest absolute Gasteiger partial charge is 0.378 e. The van der Waals surface area contributed by atoms with Crippen molar-refractivity contribution < 1.29 is 15.0 Å². The molecule has 0 aromatic heterocycles. The summed E-state index contributed by atoms with van der Waals surface area (Å²) in [5.74, 6) is 0. The van der Waals surface area contributed by atoms with Gasteiger partial charge in [-0.1, -0.05) is 0 Å². The summed E-state index contributed by atoms with van der Waals surface area (Å²) in [4.78, 5) is 12.4. The molecular formula is C17H20N3O3+. The van der Waals surface area contributed by atoms with Crippen molar-refractivity contribution in [3.63, 3.8) is 0 Å². The van der Waals surface area contributed by atoms with E-state index in [-0.39, 0.29) is 22.9 Å². The van der Waals surface area contributed by atoms with Crippen LogP contribution in [0.4, 0.5) is 11.4 Å². The Labute approximate surface area is 134 Å². The van der Waals surface area contributed by atoms with Crippen LogP contribution < -0.4 is 10.2 Å². The minimum absolute atomic E-state index is 0.0357. The topological polar surface area (TPSA) is 72.2 Å². The fourth-order valence-electron chi connectivity index (χ4n) is 2.74. The van der Waals surface area contributed by atoms with Gasteiger partial charge >= 0.3 is 0 Å². The average Bonchev–Trinajstić information content (AvgIpc) is 3.05. The van der Waals surface area contributed by atoms with Crippen molar-refractivity contribution in [1.29, 1.82) is 0 Å². The number of quaternary nitrogens is 1. The molecule has 2 aromatic rings. The van der Waals surface area contributed by atoms with E-state index in [0.717, 1.165) is 23.4 Å². The van der Waals surface area contributed by atoms with Crippen molar-refractivity contribution in [3.05, 3.63) is 69.8 Å². The fourth-order valence-corrected chi connectivity index (χ4v) is 2.74. The summed E-state index contributed by atoms with van der Waals surface area (Å²) in [5, 5.41) is 12.9. The average molecular weight is 314 g/mol. The second-order valence-corrected chi connectivity index (χ2v) is 5.85. The molecule has 2 aromatic carbocycles. The predicted octanol–water partition coefficient (Wildman–Crippen LogP) is 1.99. The van der Waals surface area contributed by atoms with Gasteiger partial charge in [0.1, 0.15) is 12.6 Å². The lowest BCUT2D eigenvalue weighted by molar-refractivity contribution is -0.698. The number of ether oxygens (including phenoxy) is 1. The smallest absolute Gasteiger partial charge is 0.269 e. The molecule has 0 saturated carbocycles. The van der Waals surface area contributed by atoms with E-state index in [4.69, 9.17) is 4.74 Å². The molecule has 0 bridgehead atoms. The molecule has 0 radical (unpaired) electrons. The van der Waals surface area contributed by atoms with Crippen molar-refractivity contribution in [2.24, 2.45) is 0 Å². The zero-order valence-corrected chi connectivity index (χ0v) is 13.2. The standard InChI is InChI=1S/C17H19N3O3/c1-19(2)14-7-5-13(6-8-14)17-18-11-16(23-17)12-3-9-15(10-4-12)20(21)22/h3-10,16-18H,11H2,1-2H3/p+1/t16-,17-/m0/s1. The molecule has 23 heavy (non-hydrogen) atoms. The van der Waals surface area contributed by atoms with Crippen molar-refractivity contribution in [2.45, 2.75) is 12.3 Å². The molecule has 2 atom stereocenters. The van der Waals surface area contributed by atoms with Crippen molar-refractivity contribution in [3.8, 4) is 0 Å². The van der Waals surface area contributed by atoms with Crippen LogP contribution in [0.25, 0.3) is 0 Å². The second-order valence-electron chi connectivity index (χ2n) is 5.85. The third kappa shape index (κ3) is 3.33. The molecule has 1 fully saturated rings.